The number of ether oxygens (including phenoxy) is 2. The van der Waals surface area contributed by atoms with Crippen molar-refractivity contribution in [3.63, 3.8) is 0 Å². The van der Waals surface area contributed by atoms with Crippen LogP contribution in [0.25, 0.3) is 6.08 Å². The van der Waals surface area contributed by atoms with E-state index in [4.69, 9.17) is 13.9 Å². The van der Waals surface area contributed by atoms with Crippen LogP contribution in [0, 0.1) is 18.8 Å². The van der Waals surface area contributed by atoms with Crippen molar-refractivity contribution in [2.75, 3.05) is 0 Å². The van der Waals surface area contributed by atoms with Crippen molar-refractivity contribution in [2.24, 2.45) is 11.8 Å². The number of carbonyl (C=O) groups is 2. The molecule has 0 saturated carbocycles. The molecule has 33 heavy (non-hydrogen) atoms. The Morgan fingerprint density at radius 1 is 1.30 bits per heavy atom. The van der Waals surface area contributed by atoms with Crippen molar-refractivity contribution in [3.8, 4) is 0 Å². The van der Waals surface area contributed by atoms with Crippen LogP contribution in [-0.2, 0) is 19.1 Å². The lowest BCUT2D eigenvalue weighted by Gasteiger charge is -2.32. The summed E-state index contributed by atoms with van der Waals surface area (Å²) >= 11 is 0. The Balaban J connectivity index is 1.59. The van der Waals surface area contributed by atoms with Gasteiger partial charge in [-0.2, -0.15) is 0 Å². The average molecular weight is 460 g/mol. The molecule has 2 bridgehead atoms. The summed E-state index contributed by atoms with van der Waals surface area (Å²) in [6.07, 6.45) is 4.77. The first-order valence-corrected chi connectivity index (χ1v) is 11.7. The fourth-order valence-corrected chi connectivity index (χ4v) is 5.00. The number of hydrogen-bond donors (Lipinski definition) is 2. The molecule has 180 valence electrons. The zero-order valence-electron chi connectivity index (χ0n) is 19.6. The van der Waals surface area contributed by atoms with Crippen LogP contribution in [0.1, 0.15) is 64.5 Å². The maximum atomic E-state index is 12.8. The summed E-state index contributed by atoms with van der Waals surface area (Å²) in [6.45, 7) is 7.34. The second kappa shape index (κ2) is 9.16. The number of ketones is 1. The predicted molar refractivity (Wildman–Crippen MR) is 119 cm³/mol. The van der Waals surface area contributed by atoms with E-state index in [2.05, 4.69) is 11.9 Å². The molecule has 1 fully saturated rings. The number of nitrogens with zero attached hydrogens (tertiary/aromatic N) is 1. The fraction of sp³-hybridized carbons (Fsp3) is 0.640. The molecule has 0 radical (unpaired) electrons. The Labute approximate surface area is 193 Å². The molecule has 8 heteroatoms. The van der Waals surface area contributed by atoms with Gasteiger partial charge in [-0.15, -0.1) is 0 Å². The molecule has 0 amide bonds. The molecule has 7 atom stereocenters. The third-order valence-electron chi connectivity index (χ3n) is 7.23. The van der Waals surface area contributed by atoms with Gasteiger partial charge in [0.15, 0.2) is 11.7 Å². The van der Waals surface area contributed by atoms with Crippen LogP contribution in [0.4, 0.5) is 0 Å². The van der Waals surface area contributed by atoms with Crippen molar-refractivity contribution in [2.45, 2.75) is 89.8 Å². The molecule has 3 aliphatic rings. The minimum absolute atomic E-state index is 0.0616. The quantitative estimate of drug-likeness (QED) is 0.511. The third-order valence-corrected chi connectivity index (χ3v) is 7.23. The van der Waals surface area contributed by atoms with E-state index in [0.717, 1.165) is 18.4 Å². The van der Waals surface area contributed by atoms with E-state index in [1.54, 1.807) is 26.2 Å². The van der Waals surface area contributed by atoms with Crippen LogP contribution in [0.5, 0.6) is 0 Å². The summed E-state index contributed by atoms with van der Waals surface area (Å²) in [4.78, 5) is 29.8. The second-order valence-corrected chi connectivity index (χ2v) is 9.85. The number of hydrogen-bond acceptors (Lipinski definition) is 8. The molecule has 3 heterocycles. The summed E-state index contributed by atoms with van der Waals surface area (Å²) in [7, 11) is 0. The Bertz CT molecular complexity index is 979. The van der Waals surface area contributed by atoms with Gasteiger partial charge in [-0.05, 0) is 44.8 Å². The van der Waals surface area contributed by atoms with Gasteiger partial charge in [0.25, 0.3) is 0 Å². The highest BCUT2D eigenvalue weighted by atomic mass is 16.6. The van der Waals surface area contributed by atoms with E-state index in [-0.39, 0.29) is 35.4 Å². The molecular formula is C25H33NO7. The molecule has 0 spiro atoms. The summed E-state index contributed by atoms with van der Waals surface area (Å²) in [5.74, 6) is -1.25. The van der Waals surface area contributed by atoms with Gasteiger partial charge in [0.05, 0.1) is 30.3 Å². The molecule has 1 aromatic rings. The van der Waals surface area contributed by atoms with Gasteiger partial charge < -0.3 is 24.1 Å². The molecule has 8 nitrogen and oxygen atoms in total. The number of cyclic esters (lactones) is 1. The number of fused-ring (bicyclic) bond motifs is 2. The van der Waals surface area contributed by atoms with Gasteiger partial charge >= 0.3 is 5.97 Å². The Morgan fingerprint density at radius 2 is 2.06 bits per heavy atom. The number of aliphatic hydroxyl groups excluding tert-OH is 2. The van der Waals surface area contributed by atoms with E-state index < -0.39 is 30.2 Å². The third kappa shape index (κ3) is 5.13. The van der Waals surface area contributed by atoms with Crippen molar-refractivity contribution in [1.29, 1.82) is 0 Å². The molecule has 1 aliphatic carbocycles. The van der Waals surface area contributed by atoms with Crippen molar-refractivity contribution in [3.05, 3.63) is 35.1 Å². The molecule has 1 saturated heterocycles. The van der Waals surface area contributed by atoms with Crippen LogP contribution >= 0.6 is 0 Å². The summed E-state index contributed by atoms with van der Waals surface area (Å²) in [5, 5.41) is 21.3. The lowest BCUT2D eigenvalue weighted by Crippen LogP contribution is -2.40. The molecule has 0 aromatic carbocycles. The number of carbonyl (C=O) groups excluding carboxylic acids is 2. The Hall–Kier alpha value is -2.29. The number of rotatable bonds is 2. The number of oxazole rings is 1. The highest BCUT2D eigenvalue weighted by molar-refractivity contribution is 5.99. The summed E-state index contributed by atoms with van der Waals surface area (Å²) < 4.78 is 17.0. The molecule has 4 rings (SSSR count). The zero-order valence-corrected chi connectivity index (χ0v) is 19.6. The van der Waals surface area contributed by atoms with Gasteiger partial charge in [-0.1, -0.05) is 13.0 Å². The minimum atomic E-state index is -1.27. The van der Waals surface area contributed by atoms with Crippen LogP contribution in [-0.4, -0.2) is 57.0 Å². The summed E-state index contributed by atoms with van der Waals surface area (Å²) in [5.41, 5.74) is 1.31. The van der Waals surface area contributed by atoms with Crippen LogP contribution in [0.2, 0.25) is 0 Å². The normalized spacial score (nSPS) is 38.1. The minimum Gasteiger partial charge on any atom is -0.458 e. The van der Waals surface area contributed by atoms with Crippen LogP contribution in [0.3, 0.4) is 0 Å². The van der Waals surface area contributed by atoms with Gasteiger partial charge in [-0.3, -0.25) is 9.59 Å². The van der Waals surface area contributed by atoms with E-state index in [1.807, 2.05) is 13.0 Å². The molecule has 1 aromatic heterocycles. The van der Waals surface area contributed by atoms with E-state index in [9.17, 15) is 19.8 Å². The van der Waals surface area contributed by atoms with Crippen LogP contribution < -0.4 is 0 Å². The fourth-order valence-electron chi connectivity index (χ4n) is 5.00. The zero-order chi connectivity index (χ0) is 23.9. The number of aliphatic hydroxyl groups is 2. The van der Waals surface area contributed by atoms with E-state index in [0.29, 0.717) is 24.4 Å². The number of aromatic nitrogens is 1. The van der Waals surface area contributed by atoms with Gasteiger partial charge in [-0.25, -0.2) is 4.98 Å². The van der Waals surface area contributed by atoms with Gasteiger partial charge in [0.1, 0.15) is 18.1 Å². The number of esters is 1. The number of epoxide rings is 1. The van der Waals surface area contributed by atoms with E-state index in [1.165, 1.54) is 0 Å². The van der Waals surface area contributed by atoms with Crippen molar-refractivity contribution < 1.29 is 33.7 Å². The Morgan fingerprint density at radius 3 is 2.76 bits per heavy atom. The first-order valence-electron chi connectivity index (χ1n) is 11.7. The highest BCUT2D eigenvalue weighted by Gasteiger charge is 2.53. The maximum absolute atomic E-state index is 12.8. The maximum Gasteiger partial charge on any atom is 0.309 e. The predicted octanol–water partition coefficient (Wildman–Crippen LogP) is 2.90. The number of Topliss-reactive ketones (excluding diaryl/α,β-unsaturated/α-hetero) is 1. The molecule has 2 N–H and O–H groups in total. The van der Waals surface area contributed by atoms with Crippen LogP contribution in [0.15, 0.2) is 27.9 Å². The van der Waals surface area contributed by atoms with E-state index >= 15 is 0 Å². The second-order valence-electron chi connectivity index (χ2n) is 9.85. The van der Waals surface area contributed by atoms with Gasteiger partial charge in [0.2, 0.25) is 0 Å². The van der Waals surface area contributed by atoms with Gasteiger partial charge in [0, 0.05) is 30.8 Å². The average Bonchev–Trinajstić information content (AvgIpc) is 3.19. The molecular weight excluding hydrogens is 426 g/mol. The Kier molecular flexibility index (Phi) is 6.62. The first kappa shape index (κ1) is 23.9. The van der Waals surface area contributed by atoms with Crippen molar-refractivity contribution in [1.82, 2.24) is 4.98 Å². The largest absolute Gasteiger partial charge is 0.458 e. The summed E-state index contributed by atoms with van der Waals surface area (Å²) in [6, 6.07) is 0. The molecule has 0 unspecified atom stereocenters. The highest BCUT2D eigenvalue weighted by Crippen LogP contribution is 2.45. The first-order chi connectivity index (χ1) is 15.6. The SMILES string of the molecule is C/C(=C\c1coc(C)n1)[C@@H]1C[C@@H]2O[C@]2(C)CCC[C@@H]2C=C(C(=O)[C@H](C)[C@H]2O)[C@@H](O)CC(=O)O1. The number of aryl methyl sites for hydroxylation is 1. The van der Waals surface area contributed by atoms with Crippen molar-refractivity contribution >= 4 is 17.8 Å². The monoisotopic (exact) mass is 459 g/mol. The molecule has 2 aliphatic heterocycles. The standard InChI is InChI=1S/C25H33NO7/c1-13(8-17-12-31-15(3)26-17)20-11-21-25(4,33-21)7-5-6-16-9-18(19(27)10-22(28)32-20)24(30)14(2)23(16)29/h8-9,12,14,16,19-21,23,27,29H,5-7,10-11H2,1-4H3/b13-8+/t14-,16-,19+,20+,21+,23-,25-/m1/s1. The smallest absolute Gasteiger partial charge is 0.309 e. The lowest BCUT2D eigenvalue weighted by molar-refractivity contribution is -0.149. The lowest BCUT2D eigenvalue weighted by atomic mass is 9.75. The topological polar surface area (TPSA) is 122 Å².